The van der Waals surface area contributed by atoms with Crippen LogP contribution in [0.2, 0.25) is 0 Å². The summed E-state index contributed by atoms with van der Waals surface area (Å²) in [4.78, 5) is 0. The molecule has 0 heterocycles. The first-order valence-electron chi connectivity index (χ1n) is 0. The van der Waals surface area contributed by atoms with E-state index < -0.39 is 0 Å². The number of halogens is 6. The van der Waals surface area contributed by atoms with Crippen LogP contribution in [0.4, 0.5) is 28.2 Å². The van der Waals surface area contributed by atoms with Crippen molar-refractivity contribution in [3.8, 4) is 0 Å². The Morgan fingerprint density at radius 2 is 0.500 bits per heavy atom. The second-order valence-electron chi connectivity index (χ2n) is 0. The van der Waals surface area contributed by atoms with Gasteiger partial charge in [-0.05, 0) is 0 Å². The molecule has 8 heteroatoms. The Hall–Kier alpha value is 1.46. The molecule has 0 saturated carbocycles. The van der Waals surface area contributed by atoms with Crippen LogP contribution in [0.25, 0.3) is 0 Å². The molecule has 54 valence electrons. The zero-order valence-electron chi connectivity index (χ0n) is 4.95. The predicted octanol–water partition coefficient (Wildman–Crippen LogP) is -1.97. The number of rotatable bonds is 0. The summed E-state index contributed by atoms with van der Waals surface area (Å²) in [6.45, 7) is 0. The van der Waals surface area contributed by atoms with Gasteiger partial charge in [0.1, 0.15) is 0 Å². The third-order valence-electron chi connectivity index (χ3n) is 0. The summed E-state index contributed by atoms with van der Waals surface area (Å²) in [6.07, 6.45) is 0. The van der Waals surface area contributed by atoms with E-state index in [1.807, 2.05) is 0 Å². The summed E-state index contributed by atoms with van der Waals surface area (Å²) in [6, 6.07) is 0. The average molecular weight is 235 g/mol. The van der Waals surface area contributed by atoms with E-state index in [0.29, 0.717) is 0 Å². The van der Waals surface area contributed by atoms with E-state index >= 15 is 0 Å². The van der Waals surface area contributed by atoms with Crippen molar-refractivity contribution in [3.05, 3.63) is 0 Å². The van der Waals surface area contributed by atoms with Crippen LogP contribution < -0.4 is 29.6 Å². The fourth-order valence-corrected chi connectivity index (χ4v) is 0. The Morgan fingerprint density at radius 1 is 0.500 bits per heavy atom. The van der Waals surface area contributed by atoms with E-state index in [1.165, 1.54) is 0 Å². The molecule has 0 aliphatic rings. The minimum absolute atomic E-state index is 0. The molecule has 0 aliphatic heterocycles. The Balaban J connectivity index is 0. The summed E-state index contributed by atoms with van der Waals surface area (Å²) in [5, 5.41) is 0. The molecule has 0 bridgehead atoms. The quantitative estimate of drug-likeness (QED) is 0.337. The third kappa shape index (κ3) is 146. The maximum atomic E-state index is 0. The minimum atomic E-state index is 0. The number of hydrogen-bond acceptors (Lipinski definition) is 0. The Kier molecular flexibility index (Phi) is 8710. The zero-order chi connectivity index (χ0) is 0. The standard InChI is InChI=1S/6FH.Na.Zr.H/h6*1H;;;/q;;;;;;+1;;-1. The van der Waals surface area contributed by atoms with Crippen LogP contribution in [0.1, 0.15) is 1.43 Å². The van der Waals surface area contributed by atoms with Crippen LogP contribution in [0.15, 0.2) is 0 Å². The maximum Gasteiger partial charge on any atom is 1.00 e. The van der Waals surface area contributed by atoms with Gasteiger partial charge < -0.3 is 1.43 Å². The van der Waals surface area contributed by atoms with Gasteiger partial charge in [0.05, 0.1) is 0 Å². The zero-order valence-corrected chi connectivity index (χ0v) is 8.41. The molecule has 0 amide bonds. The van der Waals surface area contributed by atoms with Gasteiger partial charge in [-0.15, -0.1) is 0 Å². The summed E-state index contributed by atoms with van der Waals surface area (Å²) < 4.78 is 0. The van der Waals surface area contributed by atoms with Crippen molar-refractivity contribution in [2.45, 2.75) is 0 Å². The fourth-order valence-electron chi connectivity index (χ4n) is 0. The summed E-state index contributed by atoms with van der Waals surface area (Å²) in [7, 11) is 0. The Labute approximate surface area is 84.9 Å². The first-order chi connectivity index (χ1) is 0. The van der Waals surface area contributed by atoms with E-state index in [0.717, 1.165) is 0 Å². The SMILES string of the molecule is F.F.F.F.F.F.[H-].[Na+].[Zr]. The van der Waals surface area contributed by atoms with Crippen LogP contribution in [-0.4, -0.2) is 0 Å². The summed E-state index contributed by atoms with van der Waals surface area (Å²) in [5.74, 6) is 0. The molecular formula is H7F6NaZr. The van der Waals surface area contributed by atoms with Crippen LogP contribution in [0, 0.1) is 0 Å². The van der Waals surface area contributed by atoms with E-state index in [2.05, 4.69) is 0 Å². The van der Waals surface area contributed by atoms with Crippen molar-refractivity contribution in [1.29, 1.82) is 0 Å². The summed E-state index contributed by atoms with van der Waals surface area (Å²) in [5.41, 5.74) is 0. The molecule has 0 aliphatic carbocycles. The fraction of sp³-hybridized carbons (Fsp3) is 0. The van der Waals surface area contributed by atoms with Gasteiger partial charge in [-0.2, -0.15) is 0 Å². The first-order valence-corrected chi connectivity index (χ1v) is 0. The molecule has 0 atom stereocenters. The van der Waals surface area contributed by atoms with Gasteiger partial charge in [-0.25, -0.2) is 0 Å². The molecule has 0 radical (unpaired) electrons. The van der Waals surface area contributed by atoms with Crippen molar-refractivity contribution < 1.29 is 85.4 Å². The molecule has 0 spiro atoms. The summed E-state index contributed by atoms with van der Waals surface area (Å²) >= 11 is 0. The molecule has 0 unspecified atom stereocenters. The third-order valence-corrected chi connectivity index (χ3v) is 0. The van der Waals surface area contributed by atoms with Gasteiger partial charge in [-0.3, -0.25) is 28.2 Å². The molecule has 0 aromatic carbocycles. The van der Waals surface area contributed by atoms with Crippen molar-refractivity contribution in [3.63, 3.8) is 0 Å². The molecule has 8 heavy (non-hydrogen) atoms. The predicted molar refractivity (Wildman–Crippen MR) is 16.1 cm³/mol. The van der Waals surface area contributed by atoms with Crippen molar-refractivity contribution >= 4 is 0 Å². The molecule has 0 N–H and O–H groups in total. The first kappa shape index (κ1) is 317. The smallest absolute Gasteiger partial charge is 1.00 e. The monoisotopic (exact) mass is 234 g/mol. The topological polar surface area (TPSA) is 0 Å². The van der Waals surface area contributed by atoms with E-state index in [9.17, 15) is 0 Å². The Morgan fingerprint density at radius 3 is 0.500 bits per heavy atom. The molecule has 0 rings (SSSR count). The van der Waals surface area contributed by atoms with E-state index in [4.69, 9.17) is 0 Å². The van der Waals surface area contributed by atoms with Crippen LogP contribution in [0.3, 0.4) is 0 Å². The second-order valence-corrected chi connectivity index (χ2v) is 0. The minimum Gasteiger partial charge on any atom is -1.00 e. The van der Waals surface area contributed by atoms with Crippen molar-refractivity contribution in [2.24, 2.45) is 0 Å². The largest absolute Gasteiger partial charge is 1.00 e. The molecule has 0 saturated heterocycles. The van der Waals surface area contributed by atoms with Gasteiger partial charge in [0.25, 0.3) is 0 Å². The molecule has 0 nitrogen and oxygen atoms in total. The van der Waals surface area contributed by atoms with Crippen LogP contribution in [0.5, 0.6) is 0 Å². The van der Waals surface area contributed by atoms with E-state index in [-0.39, 0.29) is 85.4 Å². The molecule has 0 aromatic rings. The van der Waals surface area contributed by atoms with Gasteiger partial charge >= 0.3 is 29.6 Å². The normalized spacial score (nSPS) is 0. The van der Waals surface area contributed by atoms with Gasteiger partial charge in [0.15, 0.2) is 0 Å². The average Bonchev–Trinajstić information content (AvgIpc) is 0. The van der Waals surface area contributed by atoms with Crippen molar-refractivity contribution in [1.82, 2.24) is 0 Å². The maximum absolute atomic E-state index is 0. The van der Waals surface area contributed by atoms with E-state index in [1.54, 1.807) is 0 Å². The second kappa shape index (κ2) is 220. The molecule has 0 fully saturated rings. The molecule has 0 aromatic heterocycles. The van der Waals surface area contributed by atoms with Crippen LogP contribution >= 0.6 is 0 Å². The van der Waals surface area contributed by atoms with Gasteiger partial charge in [0, 0.05) is 26.2 Å². The van der Waals surface area contributed by atoms with Gasteiger partial charge in [-0.1, -0.05) is 0 Å². The van der Waals surface area contributed by atoms with Gasteiger partial charge in [0.2, 0.25) is 0 Å². The Bertz CT molecular complexity index is 13.0. The van der Waals surface area contributed by atoms with Crippen molar-refractivity contribution in [2.75, 3.05) is 0 Å². The van der Waals surface area contributed by atoms with Crippen LogP contribution in [-0.2, 0) is 26.2 Å². The number of hydrogen-bond donors (Lipinski definition) is 0. The molecular weight excluding hydrogens is 228 g/mol.